The molecule has 8 heteroatoms. The summed E-state index contributed by atoms with van der Waals surface area (Å²) in [6.45, 7) is 1.23. The molecule has 0 saturated carbocycles. The number of H-pyrrole nitrogens is 2. The molecule has 0 amide bonds. The van der Waals surface area contributed by atoms with E-state index < -0.39 is 11.7 Å². The number of nitrogens with one attached hydrogen (secondary N) is 2. The number of pyridine rings is 1. The fourth-order valence-electron chi connectivity index (χ4n) is 2.28. The van der Waals surface area contributed by atoms with Gasteiger partial charge >= 0.3 is 6.18 Å². The van der Waals surface area contributed by atoms with Gasteiger partial charge in [-0.15, -0.1) is 0 Å². The first-order valence-electron chi connectivity index (χ1n) is 5.99. The molecule has 4 nitrogen and oxygen atoms in total. The van der Waals surface area contributed by atoms with Gasteiger partial charge in [0.2, 0.25) is 0 Å². The molecule has 1 aliphatic rings. The van der Waals surface area contributed by atoms with Crippen LogP contribution in [-0.2, 0) is 19.1 Å². The maximum Gasteiger partial charge on any atom is 0.419 e. The minimum atomic E-state index is -4.40. The van der Waals surface area contributed by atoms with Crippen molar-refractivity contribution in [3.63, 3.8) is 0 Å². The predicted molar refractivity (Wildman–Crippen MR) is 66.4 cm³/mol. The van der Waals surface area contributed by atoms with Crippen molar-refractivity contribution in [3.8, 4) is 0 Å². The van der Waals surface area contributed by atoms with Crippen LogP contribution in [0.1, 0.15) is 16.8 Å². The van der Waals surface area contributed by atoms with Crippen LogP contribution in [0.15, 0.2) is 18.5 Å². The van der Waals surface area contributed by atoms with Gasteiger partial charge in [-0.2, -0.15) is 18.3 Å². The molecule has 3 heterocycles. The minimum Gasteiger partial charge on any atom is -0.282 e. The van der Waals surface area contributed by atoms with Crippen LogP contribution in [-0.4, -0.2) is 16.7 Å². The maximum atomic E-state index is 12.6. The van der Waals surface area contributed by atoms with E-state index >= 15 is 0 Å². The lowest BCUT2D eigenvalue weighted by atomic mass is 10.1. The normalized spacial score (nSPS) is 15.3. The van der Waals surface area contributed by atoms with E-state index in [0.29, 0.717) is 18.9 Å². The lowest BCUT2D eigenvalue weighted by Crippen LogP contribution is -2.34. The molecule has 3 rings (SSSR count). The van der Waals surface area contributed by atoms with Gasteiger partial charge < -0.3 is 0 Å². The molecule has 0 radical (unpaired) electrons. The fraction of sp³-hybridized carbons (Fsp3) is 0.333. The van der Waals surface area contributed by atoms with Gasteiger partial charge in [-0.25, -0.2) is 4.98 Å². The van der Waals surface area contributed by atoms with Crippen molar-refractivity contribution in [1.82, 2.24) is 10.2 Å². The Labute approximate surface area is 117 Å². The minimum absolute atomic E-state index is 0.0618. The Kier molecular flexibility index (Phi) is 3.08. The Morgan fingerprint density at radius 1 is 1.40 bits per heavy atom. The lowest BCUT2D eigenvalue weighted by Gasteiger charge is -2.21. The van der Waals surface area contributed by atoms with Gasteiger partial charge in [-0.1, -0.05) is 11.6 Å². The molecular formula is C12H11ClF3N4+. The Hall–Kier alpha value is -1.76. The van der Waals surface area contributed by atoms with Crippen LogP contribution in [0.5, 0.6) is 0 Å². The quantitative estimate of drug-likeness (QED) is 0.879. The summed E-state index contributed by atoms with van der Waals surface area (Å²) in [7, 11) is 0. The van der Waals surface area contributed by atoms with E-state index in [2.05, 4.69) is 15.2 Å². The van der Waals surface area contributed by atoms with Crippen LogP contribution in [0.4, 0.5) is 19.0 Å². The largest absolute Gasteiger partial charge is 0.419 e. The highest BCUT2D eigenvalue weighted by molar-refractivity contribution is 6.32. The number of hydrogen-bond acceptors (Lipinski definition) is 2. The number of rotatable bonds is 1. The number of alkyl halides is 3. The molecule has 0 bridgehead atoms. The first kappa shape index (κ1) is 13.2. The topological polar surface area (TPSA) is 46.1 Å². The van der Waals surface area contributed by atoms with Crippen molar-refractivity contribution in [2.45, 2.75) is 19.1 Å². The van der Waals surface area contributed by atoms with Crippen molar-refractivity contribution >= 4 is 17.4 Å². The second-order valence-corrected chi connectivity index (χ2v) is 5.04. The predicted octanol–water partition coefficient (Wildman–Crippen LogP) is 2.46. The van der Waals surface area contributed by atoms with Crippen molar-refractivity contribution in [2.75, 3.05) is 11.4 Å². The second kappa shape index (κ2) is 4.66. The molecule has 0 aliphatic carbocycles. The molecule has 0 aromatic carbocycles. The third kappa shape index (κ3) is 2.33. The summed E-state index contributed by atoms with van der Waals surface area (Å²) in [6.07, 6.45) is -0.996. The van der Waals surface area contributed by atoms with E-state index in [9.17, 15) is 13.2 Å². The standard InChI is InChI=1S/C12H10ClF3N4/c13-9-3-8(12(14,15)16)5-17-11(9)20-2-1-10-7(6-20)4-18-19-10/h3-5H,1-2,6H2,(H,18,19)/p+1. The maximum absolute atomic E-state index is 12.6. The molecule has 2 aromatic rings. The van der Waals surface area contributed by atoms with Crippen molar-refractivity contribution < 1.29 is 18.2 Å². The summed E-state index contributed by atoms with van der Waals surface area (Å²) in [5.41, 5.74) is 1.30. The van der Waals surface area contributed by atoms with Crippen LogP contribution in [0.2, 0.25) is 5.02 Å². The van der Waals surface area contributed by atoms with E-state index in [1.807, 2.05) is 4.90 Å². The zero-order valence-electron chi connectivity index (χ0n) is 10.3. The van der Waals surface area contributed by atoms with Crippen LogP contribution >= 0.6 is 11.6 Å². The number of hydrogen-bond donors (Lipinski definition) is 1. The van der Waals surface area contributed by atoms with Crippen molar-refractivity contribution in [1.29, 1.82) is 0 Å². The first-order valence-corrected chi connectivity index (χ1v) is 6.37. The highest BCUT2D eigenvalue weighted by Gasteiger charge is 2.34. The first-order chi connectivity index (χ1) is 9.45. The van der Waals surface area contributed by atoms with E-state index in [1.165, 1.54) is 0 Å². The molecule has 20 heavy (non-hydrogen) atoms. The summed E-state index contributed by atoms with van der Waals surface area (Å²) in [4.78, 5) is 4.55. The van der Waals surface area contributed by atoms with Crippen LogP contribution in [0.25, 0.3) is 0 Å². The number of nitrogens with zero attached hydrogens (tertiary/aromatic N) is 2. The molecule has 0 atom stereocenters. The van der Waals surface area contributed by atoms with Crippen LogP contribution < -0.4 is 9.88 Å². The van der Waals surface area contributed by atoms with Gasteiger partial charge in [0.1, 0.15) is 17.8 Å². The van der Waals surface area contributed by atoms with Gasteiger partial charge in [0.25, 0.3) is 5.82 Å². The number of halogens is 4. The number of aromatic amines is 2. The Morgan fingerprint density at radius 2 is 2.20 bits per heavy atom. The molecular weight excluding hydrogens is 293 g/mol. The highest BCUT2D eigenvalue weighted by atomic mass is 35.5. The molecule has 0 spiro atoms. The monoisotopic (exact) mass is 303 g/mol. The molecule has 0 fully saturated rings. The number of aromatic nitrogens is 3. The lowest BCUT2D eigenvalue weighted by molar-refractivity contribution is -0.367. The summed E-state index contributed by atoms with van der Waals surface area (Å²) in [6, 6.07) is 0.943. The third-order valence-electron chi connectivity index (χ3n) is 3.32. The van der Waals surface area contributed by atoms with E-state index in [1.54, 1.807) is 6.20 Å². The average molecular weight is 304 g/mol. The van der Waals surface area contributed by atoms with Crippen LogP contribution in [0.3, 0.4) is 0 Å². The Balaban J connectivity index is 1.89. The zero-order chi connectivity index (χ0) is 14.3. The molecule has 1 aliphatic heterocycles. The highest BCUT2D eigenvalue weighted by Crippen LogP contribution is 2.33. The molecule has 2 N–H and O–H groups in total. The molecule has 0 saturated heterocycles. The van der Waals surface area contributed by atoms with Crippen molar-refractivity contribution in [2.24, 2.45) is 0 Å². The van der Waals surface area contributed by atoms with Crippen LogP contribution in [0, 0.1) is 0 Å². The average Bonchev–Trinajstić information content (AvgIpc) is 2.84. The van der Waals surface area contributed by atoms with Gasteiger partial charge in [0, 0.05) is 17.7 Å². The Morgan fingerprint density at radius 3 is 2.90 bits per heavy atom. The second-order valence-electron chi connectivity index (χ2n) is 4.63. The van der Waals surface area contributed by atoms with E-state index in [-0.39, 0.29) is 5.02 Å². The molecule has 106 valence electrons. The van der Waals surface area contributed by atoms with E-state index in [0.717, 1.165) is 29.9 Å². The van der Waals surface area contributed by atoms with Gasteiger partial charge in [-0.3, -0.25) is 10.00 Å². The fourth-order valence-corrected chi connectivity index (χ4v) is 2.57. The SMILES string of the molecule is FC(F)(F)c1c[nH+]c(N2CCc3[nH]ncc3C2)c(Cl)c1. The van der Waals surface area contributed by atoms with Gasteiger partial charge in [-0.05, 0) is 6.07 Å². The summed E-state index contributed by atoms with van der Waals surface area (Å²) >= 11 is 5.97. The van der Waals surface area contributed by atoms with E-state index in [4.69, 9.17) is 11.6 Å². The molecule has 2 aromatic heterocycles. The third-order valence-corrected chi connectivity index (χ3v) is 3.60. The zero-order valence-corrected chi connectivity index (χ0v) is 11.0. The summed E-state index contributed by atoms with van der Waals surface area (Å²) in [5, 5.41) is 6.92. The summed E-state index contributed by atoms with van der Waals surface area (Å²) in [5.74, 6) is 0.492. The number of anilines is 1. The number of fused-ring (bicyclic) bond motifs is 1. The smallest absolute Gasteiger partial charge is 0.282 e. The Bertz CT molecular complexity index is 638. The molecule has 0 unspecified atom stereocenters. The summed E-state index contributed by atoms with van der Waals surface area (Å²) < 4.78 is 37.8. The van der Waals surface area contributed by atoms with Gasteiger partial charge in [0.15, 0.2) is 0 Å². The van der Waals surface area contributed by atoms with Crippen molar-refractivity contribution in [3.05, 3.63) is 40.3 Å². The van der Waals surface area contributed by atoms with Gasteiger partial charge in [0.05, 0.1) is 18.3 Å².